The van der Waals surface area contributed by atoms with Gasteiger partial charge in [-0.2, -0.15) is 0 Å². The van der Waals surface area contributed by atoms with Crippen LogP contribution in [0.1, 0.15) is 36.3 Å². The molecule has 1 aliphatic heterocycles. The van der Waals surface area contributed by atoms with E-state index in [-0.39, 0.29) is 5.91 Å². The Hall–Kier alpha value is -1.14. The van der Waals surface area contributed by atoms with Gasteiger partial charge >= 0.3 is 0 Å². The van der Waals surface area contributed by atoms with Crippen LogP contribution in [-0.2, 0) is 6.54 Å². The summed E-state index contributed by atoms with van der Waals surface area (Å²) in [5.74, 6) is 1.16. The summed E-state index contributed by atoms with van der Waals surface area (Å²) in [7, 11) is 0. The number of benzene rings is 1. The van der Waals surface area contributed by atoms with Crippen molar-refractivity contribution in [2.45, 2.75) is 26.8 Å². The number of thiazole rings is 1. The van der Waals surface area contributed by atoms with Crippen molar-refractivity contribution in [2.75, 3.05) is 18.4 Å². The predicted octanol–water partition coefficient (Wildman–Crippen LogP) is 5.18. The highest BCUT2D eigenvalue weighted by atomic mass is 35.5. The zero-order valence-corrected chi connectivity index (χ0v) is 16.6. The fraction of sp³-hybridized carbons (Fsp3) is 0.444. The van der Waals surface area contributed by atoms with Crippen molar-refractivity contribution >= 4 is 45.6 Å². The number of nitrogens with zero attached hydrogens (tertiary/aromatic N) is 2. The molecule has 1 N–H and O–H groups in total. The van der Waals surface area contributed by atoms with E-state index < -0.39 is 0 Å². The molecule has 0 spiro atoms. The van der Waals surface area contributed by atoms with Crippen molar-refractivity contribution < 1.29 is 4.79 Å². The molecule has 134 valence electrons. The number of piperidine rings is 1. The van der Waals surface area contributed by atoms with Crippen LogP contribution in [0.25, 0.3) is 0 Å². The maximum atomic E-state index is 12.3. The quantitative estimate of drug-likeness (QED) is 0.772. The highest BCUT2D eigenvalue weighted by Gasteiger charge is 2.22. The summed E-state index contributed by atoms with van der Waals surface area (Å²) < 4.78 is 0. The number of carbonyl (C=O) groups excluding carboxylic acids is 1. The van der Waals surface area contributed by atoms with Crippen LogP contribution < -0.4 is 5.32 Å². The van der Waals surface area contributed by atoms with E-state index in [1.54, 1.807) is 18.2 Å². The average molecular weight is 398 g/mol. The molecule has 2 atom stereocenters. The second-order valence-corrected chi connectivity index (χ2v) is 8.56. The summed E-state index contributed by atoms with van der Waals surface area (Å²) in [6.45, 7) is 7.62. The molecule has 0 aliphatic carbocycles. The predicted molar refractivity (Wildman–Crippen MR) is 105 cm³/mol. The number of anilines is 1. The van der Waals surface area contributed by atoms with Crippen molar-refractivity contribution in [3.63, 3.8) is 0 Å². The normalized spacial score (nSPS) is 21.3. The third-order valence-corrected chi connectivity index (χ3v) is 5.63. The maximum Gasteiger partial charge on any atom is 0.258 e. The van der Waals surface area contributed by atoms with Gasteiger partial charge in [0, 0.05) is 30.0 Å². The van der Waals surface area contributed by atoms with Gasteiger partial charge in [0.2, 0.25) is 0 Å². The fourth-order valence-electron chi connectivity index (χ4n) is 3.43. The summed E-state index contributed by atoms with van der Waals surface area (Å²) in [6, 6.07) is 4.82. The zero-order chi connectivity index (χ0) is 18.0. The van der Waals surface area contributed by atoms with Gasteiger partial charge in [-0.3, -0.25) is 15.0 Å². The molecular formula is C18H21Cl2N3OS. The van der Waals surface area contributed by atoms with Gasteiger partial charge in [-0.25, -0.2) is 4.98 Å². The SMILES string of the molecule is CC1CC(C)CN(Cc2csc(NC(=O)c3ccc(Cl)cc3Cl)n2)C1. The number of likely N-dealkylation sites (tertiary alicyclic amines) is 1. The van der Waals surface area contributed by atoms with E-state index in [1.807, 2.05) is 5.38 Å². The molecule has 2 unspecified atom stereocenters. The van der Waals surface area contributed by atoms with Gasteiger partial charge < -0.3 is 0 Å². The first-order chi connectivity index (χ1) is 11.9. The van der Waals surface area contributed by atoms with Crippen LogP contribution in [0.5, 0.6) is 0 Å². The number of carbonyl (C=O) groups is 1. The number of amides is 1. The third-order valence-electron chi connectivity index (χ3n) is 4.28. The van der Waals surface area contributed by atoms with E-state index >= 15 is 0 Å². The van der Waals surface area contributed by atoms with Crippen molar-refractivity contribution in [2.24, 2.45) is 11.8 Å². The Morgan fingerprint density at radius 2 is 2.04 bits per heavy atom. The molecule has 1 aromatic heterocycles. The summed E-state index contributed by atoms with van der Waals surface area (Å²) in [4.78, 5) is 19.3. The fourth-order valence-corrected chi connectivity index (χ4v) is 4.62. The Morgan fingerprint density at radius 1 is 1.32 bits per heavy atom. The standard InChI is InChI=1S/C18H21Cl2N3OS/c1-11-5-12(2)8-23(7-11)9-14-10-25-18(21-14)22-17(24)15-4-3-13(19)6-16(15)20/h3-4,6,10-12H,5,7-9H2,1-2H3,(H,21,22,24). The Bertz CT molecular complexity index is 755. The Morgan fingerprint density at radius 3 is 2.72 bits per heavy atom. The molecule has 1 aliphatic rings. The number of aromatic nitrogens is 1. The second-order valence-electron chi connectivity index (χ2n) is 6.86. The minimum Gasteiger partial charge on any atom is -0.298 e. The Labute approximate surface area is 162 Å². The van der Waals surface area contributed by atoms with Crippen LogP contribution in [0.2, 0.25) is 10.0 Å². The lowest BCUT2D eigenvalue weighted by Gasteiger charge is -2.34. The van der Waals surface area contributed by atoms with E-state index in [0.717, 1.165) is 25.3 Å². The smallest absolute Gasteiger partial charge is 0.258 e. The van der Waals surface area contributed by atoms with Gasteiger partial charge in [0.25, 0.3) is 5.91 Å². The first-order valence-electron chi connectivity index (χ1n) is 8.34. The lowest BCUT2D eigenvalue weighted by Crippen LogP contribution is -2.38. The van der Waals surface area contributed by atoms with E-state index in [9.17, 15) is 4.79 Å². The molecule has 2 aromatic rings. The lowest BCUT2D eigenvalue weighted by molar-refractivity contribution is 0.102. The molecule has 2 heterocycles. The molecule has 25 heavy (non-hydrogen) atoms. The number of rotatable bonds is 4. The van der Waals surface area contributed by atoms with Crippen LogP contribution in [0.15, 0.2) is 23.6 Å². The first-order valence-corrected chi connectivity index (χ1v) is 9.97. The molecule has 0 saturated carbocycles. The topological polar surface area (TPSA) is 45.2 Å². The van der Waals surface area contributed by atoms with Gasteiger partial charge in [0.05, 0.1) is 16.3 Å². The molecule has 7 heteroatoms. The summed E-state index contributed by atoms with van der Waals surface area (Å²) >= 11 is 13.4. The Balaban J connectivity index is 1.62. The van der Waals surface area contributed by atoms with Gasteiger partial charge in [0.15, 0.2) is 5.13 Å². The highest BCUT2D eigenvalue weighted by molar-refractivity contribution is 7.14. The van der Waals surface area contributed by atoms with E-state index in [0.29, 0.717) is 32.6 Å². The van der Waals surface area contributed by atoms with Crippen molar-refractivity contribution in [3.05, 3.63) is 44.9 Å². The summed E-state index contributed by atoms with van der Waals surface area (Å²) in [5, 5.41) is 6.24. The number of nitrogens with one attached hydrogen (secondary N) is 1. The van der Waals surface area contributed by atoms with Crippen LogP contribution in [0.3, 0.4) is 0 Å². The second kappa shape index (κ2) is 8.04. The summed E-state index contributed by atoms with van der Waals surface area (Å²) in [6.07, 6.45) is 1.29. The molecule has 0 bridgehead atoms. The minimum atomic E-state index is -0.275. The minimum absolute atomic E-state index is 0.275. The van der Waals surface area contributed by atoms with Gasteiger partial charge in [0.1, 0.15) is 0 Å². The van der Waals surface area contributed by atoms with Crippen LogP contribution in [0, 0.1) is 11.8 Å². The number of halogens is 2. The van der Waals surface area contributed by atoms with Gasteiger partial charge in [-0.1, -0.05) is 37.0 Å². The molecule has 4 nitrogen and oxygen atoms in total. The van der Waals surface area contributed by atoms with Crippen LogP contribution >= 0.6 is 34.5 Å². The van der Waals surface area contributed by atoms with Crippen LogP contribution in [0.4, 0.5) is 5.13 Å². The van der Waals surface area contributed by atoms with Crippen LogP contribution in [-0.4, -0.2) is 28.9 Å². The monoisotopic (exact) mass is 397 g/mol. The molecule has 1 amide bonds. The van der Waals surface area contributed by atoms with Crippen molar-refractivity contribution in [1.29, 1.82) is 0 Å². The third kappa shape index (κ3) is 4.94. The number of hydrogen-bond acceptors (Lipinski definition) is 4. The number of hydrogen-bond donors (Lipinski definition) is 1. The molecule has 1 aromatic carbocycles. The van der Waals surface area contributed by atoms with Crippen molar-refractivity contribution in [1.82, 2.24) is 9.88 Å². The average Bonchev–Trinajstić information content (AvgIpc) is 2.92. The Kier molecular flexibility index (Phi) is 6.00. The van der Waals surface area contributed by atoms with E-state index in [4.69, 9.17) is 23.2 Å². The highest BCUT2D eigenvalue weighted by Crippen LogP contribution is 2.25. The maximum absolute atomic E-state index is 12.3. The molecule has 3 rings (SSSR count). The zero-order valence-electron chi connectivity index (χ0n) is 14.3. The van der Waals surface area contributed by atoms with Gasteiger partial charge in [-0.05, 0) is 36.5 Å². The summed E-state index contributed by atoms with van der Waals surface area (Å²) in [5.41, 5.74) is 1.38. The van der Waals surface area contributed by atoms with Crippen molar-refractivity contribution in [3.8, 4) is 0 Å². The van der Waals surface area contributed by atoms with Gasteiger partial charge in [-0.15, -0.1) is 11.3 Å². The molecule has 0 radical (unpaired) electrons. The van der Waals surface area contributed by atoms with E-state index in [1.165, 1.54) is 17.8 Å². The molecule has 1 saturated heterocycles. The lowest BCUT2D eigenvalue weighted by atomic mass is 9.92. The molecule has 1 fully saturated rings. The molecular weight excluding hydrogens is 377 g/mol. The van der Waals surface area contributed by atoms with E-state index in [2.05, 4.69) is 29.0 Å². The first kappa shape index (κ1) is 18.6. The largest absolute Gasteiger partial charge is 0.298 e.